The van der Waals surface area contributed by atoms with E-state index in [1.54, 1.807) is 0 Å². The van der Waals surface area contributed by atoms with Crippen molar-refractivity contribution in [1.29, 1.82) is 0 Å². The SMILES string of the molecule is CN=C(NCC1CCCO1)NC1CCc2cn(C(C)C)nc2C1.I. The molecule has 0 aromatic carbocycles. The highest BCUT2D eigenvalue weighted by atomic mass is 127. The van der Waals surface area contributed by atoms with Gasteiger partial charge in [0.05, 0.1) is 11.8 Å². The molecule has 2 aliphatic rings. The number of rotatable bonds is 4. The number of aromatic nitrogens is 2. The molecule has 6 nitrogen and oxygen atoms in total. The maximum absolute atomic E-state index is 5.65. The van der Waals surface area contributed by atoms with Gasteiger partial charge >= 0.3 is 0 Å². The van der Waals surface area contributed by atoms with Crippen molar-refractivity contribution in [3.8, 4) is 0 Å². The normalized spacial score (nSPS) is 23.8. The number of ether oxygens (including phenoxy) is 1. The lowest BCUT2D eigenvalue weighted by Crippen LogP contribution is -2.47. The van der Waals surface area contributed by atoms with E-state index < -0.39 is 0 Å². The Morgan fingerprint density at radius 2 is 2.29 bits per heavy atom. The number of nitrogens with zero attached hydrogens (tertiary/aromatic N) is 3. The van der Waals surface area contributed by atoms with Crippen molar-refractivity contribution in [2.45, 2.75) is 64.1 Å². The van der Waals surface area contributed by atoms with E-state index in [0.29, 0.717) is 18.2 Å². The minimum absolute atomic E-state index is 0. The molecule has 0 bridgehead atoms. The molecule has 0 spiro atoms. The molecule has 1 aromatic rings. The summed E-state index contributed by atoms with van der Waals surface area (Å²) in [6.07, 6.45) is 8.02. The third kappa shape index (κ3) is 4.84. The van der Waals surface area contributed by atoms with Gasteiger partial charge in [-0.05, 0) is 45.1 Å². The monoisotopic (exact) mass is 447 g/mol. The Bertz CT molecular complexity index is 551. The van der Waals surface area contributed by atoms with Crippen molar-refractivity contribution in [2.75, 3.05) is 20.2 Å². The van der Waals surface area contributed by atoms with E-state index in [-0.39, 0.29) is 24.0 Å². The van der Waals surface area contributed by atoms with Crippen LogP contribution in [0, 0.1) is 0 Å². The van der Waals surface area contributed by atoms with Crippen molar-refractivity contribution in [1.82, 2.24) is 20.4 Å². The lowest BCUT2D eigenvalue weighted by molar-refractivity contribution is 0.113. The van der Waals surface area contributed by atoms with Crippen LogP contribution in [-0.4, -0.2) is 48.1 Å². The van der Waals surface area contributed by atoms with Crippen LogP contribution in [0.1, 0.15) is 50.4 Å². The largest absolute Gasteiger partial charge is 0.376 e. The van der Waals surface area contributed by atoms with Gasteiger partial charge in [0.1, 0.15) is 0 Å². The van der Waals surface area contributed by atoms with Crippen molar-refractivity contribution in [2.24, 2.45) is 4.99 Å². The van der Waals surface area contributed by atoms with Gasteiger partial charge < -0.3 is 15.4 Å². The van der Waals surface area contributed by atoms with Crippen LogP contribution in [0.4, 0.5) is 0 Å². The molecule has 0 amide bonds. The molecule has 0 saturated carbocycles. The van der Waals surface area contributed by atoms with Crippen LogP contribution in [0.5, 0.6) is 0 Å². The Hall–Kier alpha value is -0.830. The molecule has 1 fully saturated rings. The molecule has 2 atom stereocenters. The summed E-state index contributed by atoms with van der Waals surface area (Å²) >= 11 is 0. The van der Waals surface area contributed by atoms with Crippen LogP contribution in [0.25, 0.3) is 0 Å². The zero-order valence-electron chi connectivity index (χ0n) is 14.9. The van der Waals surface area contributed by atoms with Gasteiger partial charge in [0.15, 0.2) is 5.96 Å². The van der Waals surface area contributed by atoms with Gasteiger partial charge in [-0.15, -0.1) is 24.0 Å². The van der Waals surface area contributed by atoms with Crippen molar-refractivity contribution in [3.63, 3.8) is 0 Å². The minimum atomic E-state index is 0. The number of nitrogens with one attached hydrogen (secondary N) is 2. The molecular weight excluding hydrogens is 417 g/mol. The highest BCUT2D eigenvalue weighted by molar-refractivity contribution is 14.0. The summed E-state index contributed by atoms with van der Waals surface area (Å²) in [5, 5.41) is 11.7. The lowest BCUT2D eigenvalue weighted by Gasteiger charge is -2.25. The van der Waals surface area contributed by atoms with Crippen LogP contribution < -0.4 is 10.6 Å². The number of aliphatic imine (C=N–C) groups is 1. The van der Waals surface area contributed by atoms with Crippen molar-refractivity contribution in [3.05, 3.63) is 17.5 Å². The first kappa shape index (κ1) is 19.5. The van der Waals surface area contributed by atoms with Gasteiger partial charge in [0, 0.05) is 44.9 Å². The first-order chi connectivity index (χ1) is 11.2. The average Bonchev–Trinajstić information content (AvgIpc) is 3.20. The number of fused-ring (bicyclic) bond motifs is 1. The maximum Gasteiger partial charge on any atom is 0.191 e. The molecule has 1 aromatic heterocycles. The zero-order chi connectivity index (χ0) is 16.2. The fraction of sp³-hybridized carbons (Fsp3) is 0.765. The van der Waals surface area contributed by atoms with E-state index in [4.69, 9.17) is 9.84 Å². The summed E-state index contributed by atoms with van der Waals surface area (Å²) in [6.45, 7) is 6.07. The molecule has 3 rings (SSSR count). The summed E-state index contributed by atoms with van der Waals surface area (Å²) in [7, 11) is 1.83. The molecule has 1 aliphatic carbocycles. The molecule has 1 aliphatic heterocycles. The first-order valence-electron chi connectivity index (χ1n) is 8.81. The summed E-state index contributed by atoms with van der Waals surface area (Å²) in [5.41, 5.74) is 2.64. The Morgan fingerprint density at radius 1 is 1.46 bits per heavy atom. The summed E-state index contributed by atoms with van der Waals surface area (Å²) < 4.78 is 7.73. The third-order valence-electron chi connectivity index (χ3n) is 4.71. The molecule has 7 heteroatoms. The van der Waals surface area contributed by atoms with Gasteiger partial charge in [-0.3, -0.25) is 9.67 Å². The predicted molar refractivity (Wildman–Crippen MR) is 107 cm³/mol. The Labute approximate surface area is 161 Å². The van der Waals surface area contributed by atoms with Crippen molar-refractivity contribution >= 4 is 29.9 Å². The lowest BCUT2D eigenvalue weighted by atomic mass is 9.94. The van der Waals surface area contributed by atoms with Gasteiger partial charge in [0.25, 0.3) is 0 Å². The predicted octanol–water partition coefficient (Wildman–Crippen LogP) is 2.28. The Morgan fingerprint density at radius 3 is 2.96 bits per heavy atom. The smallest absolute Gasteiger partial charge is 0.191 e. The number of aryl methyl sites for hydroxylation is 1. The van der Waals surface area contributed by atoms with Crippen LogP contribution in [0.15, 0.2) is 11.2 Å². The fourth-order valence-electron chi connectivity index (χ4n) is 3.30. The maximum atomic E-state index is 5.65. The first-order valence-corrected chi connectivity index (χ1v) is 8.81. The second kappa shape index (κ2) is 9.03. The molecule has 136 valence electrons. The number of guanidine groups is 1. The van der Waals surface area contributed by atoms with Gasteiger partial charge in [-0.1, -0.05) is 0 Å². The Balaban J connectivity index is 0.00000208. The van der Waals surface area contributed by atoms with E-state index in [1.807, 2.05) is 7.05 Å². The third-order valence-corrected chi connectivity index (χ3v) is 4.71. The zero-order valence-corrected chi connectivity index (χ0v) is 17.2. The minimum Gasteiger partial charge on any atom is -0.376 e. The van der Waals surface area contributed by atoms with Gasteiger partial charge in [-0.25, -0.2) is 0 Å². The molecule has 0 radical (unpaired) electrons. The Kier molecular flexibility index (Phi) is 7.34. The number of hydrogen-bond donors (Lipinski definition) is 2. The average molecular weight is 447 g/mol. The highest BCUT2D eigenvalue weighted by Crippen LogP contribution is 2.21. The molecular formula is C17H30IN5O. The number of halogens is 1. The van der Waals surface area contributed by atoms with E-state index in [9.17, 15) is 0 Å². The van der Waals surface area contributed by atoms with Gasteiger partial charge in [0.2, 0.25) is 0 Å². The second-order valence-electron chi connectivity index (χ2n) is 6.85. The molecule has 2 N–H and O–H groups in total. The molecule has 1 saturated heterocycles. The summed E-state index contributed by atoms with van der Waals surface area (Å²) in [6, 6.07) is 0.821. The highest BCUT2D eigenvalue weighted by Gasteiger charge is 2.23. The summed E-state index contributed by atoms with van der Waals surface area (Å²) in [5.74, 6) is 0.872. The van der Waals surface area contributed by atoms with E-state index in [2.05, 4.69) is 40.4 Å². The molecule has 2 unspecified atom stereocenters. The topological polar surface area (TPSA) is 63.5 Å². The van der Waals surface area contributed by atoms with Crippen LogP contribution >= 0.6 is 24.0 Å². The van der Waals surface area contributed by atoms with E-state index in [0.717, 1.165) is 44.8 Å². The van der Waals surface area contributed by atoms with Crippen LogP contribution in [0.3, 0.4) is 0 Å². The number of hydrogen-bond acceptors (Lipinski definition) is 3. The fourth-order valence-corrected chi connectivity index (χ4v) is 3.30. The van der Waals surface area contributed by atoms with E-state index >= 15 is 0 Å². The quantitative estimate of drug-likeness (QED) is 0.423. The standard InChI is InChI=1S/C17H29N5O.HI/c1-12(2)22-11-13-6-7-14(9-16(13)21-22)20-17(18-3)19-10-15-5-4-8-23-15;/h11-12,14-15H,4-10H2,1-3H3,(H2,18,19,20);1H. The van der Waals surface area contributed by atoms with Crippen LogP contribution in [-0.2, 0) is 17.6 Å². The van der Waals surface area contributed by atoms with E-state index in [1.165, 1.54) is 17.7 Å². The molecule has 2 heterocycles. The van der Waals surface area contributed by atoms with Crippen molar-refractivity contribution < 1.29 is 4.74 Å². The summed E-state index contributed by atoms with van der Waals surface area (Å²) in [4.78, 5) is 4.35. The second-order valence-corrected chi connectivity index (χ2v) is 6.85. The van der Waals surface area contributed by atoms with Crippen LogP contribution in [0.2, 0.25) is 0 Å². The molecule has 24 heavy (non-hydrogen) atoms. The van der Waals surface area contributed by atoms with Gasteiger partial charge in [-0.2, -0.15) is 5.10 Å².